The second-order valence-corrected chi connectivity index (χ2v) is 7.90. The summed E-state index contributed by atoms with van der Waals surface area (Å²) in [5.74, 6) is -0.421. The van der Waals surface area contributed by atoms with Gasteiger partial charge < -0.3 is 19.1 Å². The number of carbonyl (C=O) groups excluding carboxylic acids is 2. The van der Waals surface area contributed by atoms with Crippen molar-refractivity contribution in [3.8, 4) is 0 Å². The fourth-order valence-electron chi connectivity index (χ4n) is 2.62. The smallest absolute Gasteiger partial charge is 0.412 e. The van der Waals surface area contributed by atoms with Crippen LogP contribution >= 0.6 is 11.3 Å². The third kappa shape index (κ3) is 5.34. The summed E-state index contributed by atoms with van der Waals surface area (Å²) in [6, 6.07) is 1.64. The fourth-order valence-corrected chi connectivity index (χ4v) is 3.70. The molecule has 1 aromatic rings. The highest BCUT2D eigenvalue weighted by Gasteiger charge is 2.26. The summed E-state index contributed by atoms with van der Waals surface area (Å²) in [5, 5.41) is 3.59. The molecule has 2 heterocycles. The molecule has 1 N–H and O–H groups in total. The van der Waals surface area contributed by atoms with Gasteiger partial charge in [-0.25, -0.2) is 9.59 Å². The van der Waals surface area contributed by atoms with Crippen LogP contribution in [0.2, 0.25) is 0 Å². The van der Waals surface area contributed by atoms with E-state index in [0.29, 0.717) is 10.6 Å². The van der Waals surface area contributed by atoms with E-state index in [4.69, 9.17) is 14.2 Å². The van der Waals surface area contributed by atoms with Gasteiger partial charge in [-0.1, -0.05) is 0 Å². The molecule has 2 rings (SSSR count). The maximum Gasteiger partial charge on any atom is 0.412 e. The Labute approximate surface area is 152 Å². The number of methoxy groups -OCH3 is 2. The van der Waals surface area contributed by atoms with Crippen molar-refractivity contribution in [3.05, 3.63) is 10.9 Å². The first-order valence-corrected chi connectivity index (χ1v) is 9.05. The van der Waals surface area contributed by atoms with Gasteiger partial charge in [0.1, 0.15) is 15.5 Å². The lowest BCUT2D eigenvalue weighted by Crippen LogP contribution is -2.36. The fraction of sp³-hybridized carbons (Fsp3) is 0.647. The molecule has 0 aromatic carbocycles. The topological polar surface area (TPSA) is 77.1 Å². The van der Waals surface area contributed by atoms with E-state index in [1.54, 1.807) is 33.9 Å². The lowest BCUT2D eigenvalue weighted by Gasteiger charge is -2.32. The Kier molecular flexibility index (Phi) is 6.29. The van der Waals surface area contributed by atoms with E-state index in [1.165, 1.54) is 18.4 Å². The number of anilines is 2. The summed E-state index contributed by atoms with van der Waals surface area (Å²) >= 11 is 1.31. The number of amides is 1. The highest BCUT2D eigenvalue weighted by molar-refractivity contribution is 7.18. The Balaban J connectivity index is 2.20. The summed E-state index contributed by atoms with van der Waals surface area (Å²) in [5.41, 5.74) is -0.0297. The van der Waals surface area contributed by atoms with Crippen LogP contribution in [-0.4, -0.2) is 51.1 Å². The Morgan fingerprint density at radius 3 is 2.40 bits per heavy atom. The number of piperidine rings is 1. The lowest BCUT2D eigenvalue weighted by molar-refractivity contribution is 0.0601. The SMILES string of the molecule is COC(=O)c1cc(NC(=O)OC(C)(C)C)c(N2CCC(OC)CC2)s1. The average Bonchev–Trinajstić information content (AvgIpc) is 2.96. The third-order valence-corrected chi connectivity index (χ3v) is 4.97. The first kappa shape index (κ1) is 19.5. The normalized spacial score (nSPS) is 15.8. The molecule has 0 aliphatic carbocycles. The molecule has 0 saturated carbocycles. The van der Waals surface area contributed by atoms with E-state index >= 15 is 0 Å². The molecule has 25 heavy (non-hydrogen) atoms. The van der Waals surface area contributed by atoms with Crippen LogP contribution in [0.3, 0.4) is 0 Å². The van der Waals surface area contributed by atoms with Gasteiger partial charge in [-0.2, -0.15) is 0 Å². The summed E-state index contributed by atoms with van der Waals surface area (Å²) in [6.45, 7) is 6.99. The van der Waals surface area contributed by atoms with Gasteiger partial charge in [0.25, 0.3) is 0 Å². The molecule has 0 spiro atoms. The molecule has 1 aliphatic rings. The van der Waals surface area contributed by atoms with Crippen LogP contribution in [0.1, 0.15) is 43.3 Å². The first-order chi connectivity index (χ1) is 11.7. The molecule has 140 valence electrons. The number of carbonyl (C=O) groups is 2. The number of nitrogens with zero attached hydrogens (tertiary/aromatic N) is 1. The van der Waals surface area contributed by atoms with Crippen molar-refractivity contribution < 1.29 is 23.8 Å². The summed E-state index contributed by atoms with van der Waals surface area (Å²) in [6.07, 6.45) is 1.50. The minimum absolute atomic E-state index is 0.249. The van der Waals surface area contributed by atoms with Gasteiger partial charge in [-0.05, 0) is 39.7 Å². The molecule has 1 aromatic heterocycles. The summed E-state index contributed by atoms with van der Waals surface area (Å²) in [7, 11) is 3.06. The van der Waals surface area contributed by atoms with Crippen LogP contribution in [0.5, 0.6) is 0 Å². The van der Waals surface area contributed by atoms with Gasteiger partial charge in [0.05, 0.1) is 18.9 Å². The highest BCUT2D eigenvalue weighted by Crippen LogP contribution is 2.38. The van der Waals surface area contributed by atoms with Crippen molar-refractivity contribution in [3.63, 3.8) is 0 Å². The zero-order valence-electron chi connectivity index (χ0n) is 15.4. The van der Waals surface area contributed by atoms with Crippen LogP contribution in [-0.2, 0) is 14.2 Å². The number of thiophene rings is 1. The van der Waals surface area contributed by atoms with E-state index in [9.17, 15) is 9.59 Å². The molecule has 7 nitrogen and oxygen atoms in total. The summed E-state index contributed by atoms with van der Waals surface area (Å²) < 4.78 is 15.5. The average molecular weight is 370 g/mol. The van der Waals surface area contributed by atoms with E-state index < -0.39 is 17.7 Å². The van der Waals surface area contributed by atoms with Gasteiger partial charge in [-0.3, -0.25) is 5.32 Å². The van der Waals surface area contributed by atoms with E-state index in [0.717, 1.165) is 30.9 Å². The molecular weight excluding hydrogens is 344 g/mol. The Bertz CT molecular complexity index is 615. The van der Waals surface area contributed by atoms with Crippen LogP contribution < -0.4 is 10.2 Å². The predicted octanol–water partition coefficient (Wildman–Crippen LogP) is 3.50. The van der Waals surface area contributed by atoms with Crippen molar-refractivity contribution in [1.82, 2.24) is 0 Å². The predicted molar refractivity (Wildman–Crippen MR) is 97.8 cm³/mol. The van der Waals surface area contributed by atoms with Crippen molar-refractivity contribution in [1.29, 1.82) is 0 Å². The van der Waals surface area contributed by atoms with Crippen LogP contribution in [0.15, 0.2) is 6.07 Å². The Morgan fingerprint density at radius 2 is 1.88 bits per heavy atom. The number of ether oxygens (including phenoxy) is 3. The van der Waals surface area contributed by atoms with Crippen molar-refractivity contribution in [2.24, 2.45) is 0 Å². The number of hydrogen-bond donors (Lipinski definition) is 1. The number of hydrogen-bond acceptors (Lipinski definition) is 7. The third-order valence-electron chi connectivity index (χ3n) is 3.80. The van der Waals surface area contributed by atoms with Crippen LogP contribution in [0.4, 0.5) is 15.5 Å². The van der Waals surface area contributed by atoms with E-state index in [-0.39, 0.29) is 6.10 Å². The van der Waals surface area contributed by atoms with Crippen LogP contribution in [0, 0.1) is 0 Å². The van der Waals surface area contributed by atoms with Gasteiger partial charge in [0.2, 0.25) is 0 Å². The first-order valence-electron chi connectivity index (χ1n) is 8.23. The number of rotatable bonds is 4. The van der Waals surface area contributed by atoms with Gasteiger partial charge in [0, 0.05) is 20.2 Å². The van der Waals surface area contributed by atoms with Crippen molar-refractivity contribution in [2.45, 2.75) is 45.3 Å². The van der Waals surface area contributed by atoms with E-state index in [2.05, 4.69) is 10.2 Å². The molecule has 0 radical (unpaired) electrons. The quantitative estimate of drug-likeness (QED) is 0.818. The maximum absolute atomic E-state index is 12.1. The van der Waals surface area contributed by atoms with E-state index in [1.807, 2.05) is 0 Å². The molecule has 8 heteroatoms. The molecular formula is C17H26N2O5S. The second kappa shape index (κ2) is 8.05. The van der Waals surface area contributed by atoms with Crippen molar-refractivity contribution in [2.75, 3.05) is 37.5 Å². The minimum Gasteiger partial charge on any atom is -0.465 e. The van der Waals surface area contributed by atoms with Crippen molar-refractivity contribution >= 4 is 34.1 Å². The molecule has 0 atom stereocenters. The minimum atomic E-state index is -0.595. The molecule has 1 saturated heterocycles. The molecule has 1 aliphatic heterocycles. The molecule has 1 fully saturated rings. The summed E-state index contributed by atoms with van der Waals surface area (Å²) in [4.78, 5) is 26.6. The zero-order chi connectivity index (χ0) is 18.6. The Morgan fingerprint density at radius 1 is 1.24 bits per heavy atom. The lowest BCUT2D eigenvalue weighted by atomic mass is 10.1. The number of esters is 1. The molecule has 0 unspecified atom stereocenters. The maximum atomic E-state index is 12.1. The van der Waals surface area contributed by atoms with Gasteiger partial charge >= 0.3 is 12.1 Å². The van der Waals surface area contributed by atoms with Crippen LogP contribution in [0.25, 0.3) is 0 Å². The van der Waals surface area contributed by atoms with Gasteiger partial charge in [0.15, 0.2) is 0 Å². The molecule has 0 bridgehead atoms. The number of nitrogens with one attached hydrogen (secondary N) is 1. The van der Waals surface area contributed by atoms with Gasteiger partial charge in [-0.15, -0.1) is 11.3 Å². The monoisotopic (exact) mass is 370 g/mol. The molecule has 1 amide bonds. The zero-order valence-corrected chi connectivity index (χ0v) is 16.2. The highest BCUT2D eigenvalue weighted by atomic mass is 32.1. The largest absolute Gasteiger partial charge is 0.465 e. The standard InChI is InChI=1S/C17H26N2O5S/c1-17(2,3)24-16(21)18-12-10-13(15(20)23-5)25-14(12)19-8-6-11(22-4)7-9-19/h10-11H,6-9H2,1-5H3,(H,18,21). The second-order valence-electron chi connectivity index (χ2n) is 6.87. The Hall–Kier alpha value is -1.80.